The summed E-state index contributed by atoms with van der Waals surface area (Å²) in [6.07, 6.45) is 44.1. The molecule has 0 rings (SSSR count). The number of carbonyl (C=O) groups excluding carboxylic acids is 3. The van der Waals surface area contributed by atoms with E-state index in [0.717, 1.165) is 70.6 Å². The SMILES string of the molecule is CC\C=C/C=C\C=C/CCCCCCCCCC(=O)OCC(COC(=O)CCCCCCCCCCC)OC(=O)CCCCCCCCCCC. The lowest BCUT2D eigenvalue weighted by Gasteiger charge is -2.18. The first-order valence-corrected chi connectivity index (χ1v) is 21.5. The molecule has 0 aromatic heterocycles. The van der Waals surface area contributed by atoms with Gasteiger partial charge in [-0.3, -0.25) is 14.4 Å². The Bertz CT molecular complexity index is 876. The molecular formula is C45H80O6. The lowest BCUT2D eigenvalue weighted by molar-refractivity contribution is -0.167. The molecule has 0 aliphatic carbocycles. The molecule has 0 amide bonds. The van der Waals surface area contributed by atoms with Gasteiger partial charge in [0.1, 0.15) is 13.2 Å². The Morgan fingerprint density at radius 2 is 0.765 bits per heavy atom. The van der Waals surface area contributed by atoms with Gasteiger partial charge in [-0.1, -0.05) is 192 Å². The van der Waals surface area contributed by atoms with Gasteiger partial charge in [0.05, 0.1) is 0 Å². The Morgan fingerprint density at radius 3 is 1.18 bits per heavy atom. The molecule has 0 N–H and O–H groups in total. The van der Waals surface area contributed by atoms with Crippen LogP contribution in [-0.4, -0.2) is 37.2 Å². The predicted molar refractivity (Wildman–Crippen MR) is 215 cm³/mol. The minimum atomic E-state index is -0.768. The number of rotatable bonds is 38. The van der Waals surface area contributed by atoms with Gasteiger partial charge in [-0.2, -0.15) is 0 Å². The lowest BCUT2D eigenvalue weighted by Crippen LogP contribution is -2.30. The number of hydrogen-bond donors (Lipinski definition) is 0. The summed E-state index contributed by atoms with van der Waals surface area (Å²) in [6, 6.07) is 0. The molecule has 1 unspecified atom stereocenters. The van der Waals surface area contributed by atoms with Crippen molar-refractivity contribution in [3.63, 3.8) is 0 Å². The molecule has 0 aromatic rings. The highest BCUT2D eigenvalue weighted by Gasteiger charge is 2.19. The first kappa shape index (κ1) is 48.6. The van der Waals surface area contributed by atoms with E-state index >= 15 is 0 Å². The van der Waals surface area contributed by atoms with Gasteiger partial charge >= 0.3 is 17.9 Å². The average molecular weight is 717 g/mol. The van der Waals surface area contributed by atoms with E-state index in [0.29, 0.717) is 19.3 Å². The second kappa shape index (κ2) is 40.4. The zero-order valence-electron chi connectivity index (χ0n) is 33.6. The molecule has 6 heteroatoms. The summed E-state index contributed by atoms with van der Waals surface area (Å²) in [5.41, 5.74) is 0. The third-order valence-corrected chi connectivity index (χ3v) is 9.22. The Hall–Kier alpha value is -2.37. The maximum absolute atomic E-state index is 12.6. The summed E-state index contributed by atoms with van der Waals surface area (Å²) in [4.78, 5) is 37.5. The van der Waals surface area contributed by atoms with Crippen LogP contribution >= 0.6 is 0 Å². The fourth-order valence-corrected chi connectivity index (χ4v) is 5.97. The van der Waals surface area contributed by atoms with Crippen molar-refractivity contribution in [1.29, 1.82) is 0 Å². The number of unbranched alkanes of at least 4 members (excludes halogenated alkanes) is 23. The second-order valence-corrected chi connectivity index (χ2v) is 14.3. The Kier molecular flexibility index (Phi) is 38.5. The zero-order chi connectivity index (χ0) is 37.3. The number of allylic oxidation sites excluding steroid dienone is 6. The topological polar surface area (TPSA) is 78.9 Å². The first-order chi connectivity index (χ1) is 25.0. The predicted octanol–water partition coefficient (Wildman–Crippen LogP) is 13.4. The monoisotopic (exact) mass is 717 g/mol. The highest BCUT2D eigenvalue weighted by molar-refractivity contribution is 5.71. The Morgan fingerprint density at radius 1 is 0.412 bits per heavy atom. The lowest BCUT2D eigenvalue weighted by atomic mass is 10.1. The molecule has 0 saturated carbocycles. The third-order valence-electron chi connectivity index (χ3n) is 9.22. The van der Waals surface area contributed by atoms with Gasteiger partial charge in [0.2, 0.25) is 0 Å². The van der Waals surface area contributed by atoms with E-state index in [2.05, 4.69) is 57.2 Å². The van der Waals surface area contributed by atoms with E-state index in [9.17, 15) is 14.4 Å². The number of carbonyl (C=O) groups is 3. The van der Waals surface area contributed by atoms with E-state index in [1.807, 2.05) is 0 Å². The molecule has 51 heavy (non-hydrogen) atoms. The van der Waals surface area contributed by atoms with Crippen LogP contribution in [-0.2, 0) is 28.6 Å². The minimum Gasteiger partial charge on any atom is -0.462 e. The van der Waals surface area contributed by atoms with Crippen molar-refractivity contribution in [1.82, 2.24) is 0 Å². The van der Waals surface area contributed by atoms with Crippen molar-refractivity contribution in [2.75, 3.05) is 13.2 Å². The van der Waals surface area contributed by atoms with Gasteiger partial charge in [0.25, 0.3) is 0 Å². The van der Waals surface area contributed by atoms with Crippen molar-refractivity contribution < 1.29 is 28.6 Å². The van der Waals surface area contributed by atoms with Crippen molar-refractivity contribution in [3.8, 4) is 0 Å². The van der Waals surface area contributed by atoms with E-state index in [-0.39, 0.29) is 31.1 Å². The Labute approximate surface area is 315 Å². The van der Waals surface area contributed by atoms with E-state index < -0.39 is 6.10 Å². The highest BCUT2D eigenvalue weighted by Crippen LogP contribution is 2.14. The minimum absolute atomic E-state index is 0.0736. The van der Waals surface area contributed by atoms with Gasteiger partial charge in [-0.05, 0) is 38.5 Å². The summed E-state index contributed by atoms with van der Waals surface area (Å²) in [6.45, 7) is 6.45. The summed E-state index contributed by atoms with van der Waals surface area (Å²) in [5.74, 6) is -0.892. The molecule has 0 aliphatic rings. The number of ether oxygens (including phenoxy) is 3. The molecule has 0 fully saturated rings. The molecule has 296 valence electrons. The fourth-order valence-electron chi connectivity index (χ4n) is 5.97. The van der Waals surface area contributed by atoms with E-state index in [4.69, 9.17) is 14.2 Å². The molecule has 0 heterocycles. The van der Waals surface area contributed by atoms with E-state index in [1.54, 1.807) is 0 Å². The average Bonchev–Trinajstić information content (AvgIpc) is 3.12. The van der Waals surface area contributed by atoms with Crippen LogP contribution in [0, 0.1) is 0 Å². The first-order valence-electron chi connectivity index (χ1n) is 21.5. The molecule has 0 spiro atoms. The van der Waals surface area contributed by atoms with Gasteiger partial charge in [0, 0.05) is 19.3 Å². The molecular weight excluding hydrogens is 636 g/mol. The third kappa shape index (κ3) is 38.7. The smallest absolute Gasteiger partial charge is 0.306 e. The van der Waals surface area contributed by atoms with Crippen LogP contribution in [0.1, 0.15) is 213 Å². The van der Waals surface area contributed by atoms with Crippen molar-refractivity contribution in [2.24, 2.45) is 0 Å². The zero-order valence-corrected chi connectivity index (χ0v) is 33.6. The largest absolute Gasteiger partial charge is 0.462 e. The molecule has 0 aromatic carbocycles. The van der Waals surface area contributed by atoms with Gasteiger partial charge in [-0.15, -0.1) is 0 Å². The van der Waals surface area contributed by atoms with Crippen LogP contribution in [0.15, 0.2) is 36.5 Å². The van der Waals surface area contributed by atoms with Gasteiger partial charge < -0.3 is 14.2 Å². The molecule has 0 radical (unpaired) electrons. The maximum Gasteiger partial charge on any atom is 0.306 e. The van der Waals surface area contributed by atoms with Gasteiger partial charge in [0.15, 0.2) is 6.10 Å². The van der Waals surface area contributed by atoms with Crippen LogP contribution in [0.25, 0.3) is 0 Å². The quantitative estimate of drug-likeness (QED) is 0.0274. The summed E-state index contributed by atoms with van der Waals surface area (Å²) < 4.78 is 16.6. The van der Waals surface area contributed by atoms with Crippen LogP contribution in [0.4, 0.5) is 0 Å². The summed E-state index contributed by atoms with van der Waals surface area (Å²) in [7, 11) is 0. The summed E-state index contributed by atoms with van der Waals surface area (Å²) >= 11 is 0. The van der Waals surface area contributed by atoms with Crippen molar-refractivity contribution in [3.05, 3.63) is 36.5 Å². The van der Waals surface area contributed by atoms with Crippen LogP contribution in [0.2, 0.25) is 0 Å². The van der Waals surface area contributed by atoms with Crippen LogP contribution < -0.4 is 0 Å². The highest BCUT2D eigenvalue weighted by atomic mass is 16.6. The van der Waals surface area contributed by atoms with E-state index in [1.165, 1.54) is 103 Å². The van der Waals surface area contributed by atoms with Crippen LogP contribution in [0.5, 0.6) is 0 Å². The molecule has 6 nitrogen and oxygen atoms in total. The number of hydrogen-bond acceptors (Lipinski definition) is 6. The molecule has 1 atom stereocenters. The van der Waals surface area contributed by atoms with Crippen LogP contribution in [0.3, 0.4) is 0 Å². The van der Waals surface area contributed by atoms with Gasteiger partial charge in [-0.25, -0.2) is 0 Å². The molecule has 0 saturated heterocycles. The fraction of sp³-hybridized carbons (Fsp3) is 0.800. The second-order valence-electron chi connectivity index (χ2n) is 14.3. The van der Waals surface area contributed by atoms with Crippen molar-refractivity contribution in [2.45, 2.75) is 219 Å². The normalized spacial score (nSPS) is 12.3. The molecule has 0 bridgehead atoms. The number of esters is 3. The maximum atomic E-state index is 12.6. The summed E-state index contributed by atoms with van der Waals surface area (Å²) in [5, 5.41) is 0. The standard InChI is InChI=1S/C45H80O6/c1-4-7-10-13-16-19-20-21-22-23-24-27-29-32-35-38-44(47)50-41-42(51-45(48)39-36-33-30-26-18-15-12-9-6-3)40-49-43(46)37-34-31-28-25-17-14-11-8-5-2/h7,10,13,16,19-20,42H,4-6,8-9,11-12,14-15,17-18,21-41H2,1-3H3/b10-7-,16-13-,20-19-. The molecule has 0 aliphatic heterocycles. The van der Waals surface area contributed by atoms with Crippen molar-refractivity contribution >= 4 is 17.9 Å². The Balaban J connectivity index is 4.33.